The van der Waals surface area contributed by atoms with Gasteiger partial charge >= 0.3 is 0 Å². The van der Waals surface area contributed by atoms with Gasteiger partial charge in [0.2, 0.25) is 0 Å². The summed E-state index contributed by atoms with van der Waals surface area (Å²) in [7, 11) is 1.63. The van der Waals surface area contributed by atoms with Crippen LogP contribution < -0.4 is 10.1 Å². The predicted molar refractivity (Wildman–Crippen MR) is 83.8 cm³/mol. The van der Waals surface area contributed by atoms with Gasteiger partial charge in [0.25, 0.3) is 5.91 Å². The monoisotopic (exact) mass is 298 g/mol. The Bertz CT molecular complexity index is 765. The first-order chi connectivity index (χ1) is 10.3. The molecule has 1 heterocycles. The number of fused-ring (bicyclic) bond motifs is 1. The number of methoxy groups -OCH3 is 1. The summed E-state index contributed by atoms with van der Waals surface area (Å²) in [5.41, 5.74) is 4.39. The number of rotatable bonds is 4. The molecule has 0 aliphatic carbocycles. The Balaban J connectivity index is 1.67. The topological polar surface area (TPSA) is 51.2 Å². The molecule has 0 spiro atoms. The molecule has 4 nitrogen and oxygen atoms in total. The molecule has 0 bridgehead atoms. The first-order valence-electron chi connectivity index (χ1n) is 6.50. The summed E-state index contributed by atoms with van der Waals surface area (Å²) in [6.07, 6.45) is 0. The Kier molecular flexibility index (Phi) is 3.83. The molecule has 3 rings (SSSR count). The van der Waals surface area contributed by atoms with E-state index in [1.54, 1.807) is 18.7 Å². The number of hydrogen-bond donors (Lipinski definition) is 1. The minimum absolute atomic E-state index is 0.0823. The maximum absolute atomic E-state index is 12.2. The number of aromatic nitrogens is 1. The van der Waals surface area contributed by atoms with Crippen molar-refractivity contribution in [1.82, 2.24) is 10.3 Å². The van der Waals surface area contributed by atoms with Crippen LogP contribution in [0, 0.1) is 0 Å². The second-order valence-electron chi connectivity index (χ2n) is 4.57. The Hall–Kier alpha value is -2.40. The SMILES string of the molecule is COc1ccc(CNC(=O)c2ccc3ncsc3c2)cc1. The molecule has 0 unspecified atom stereocenters. The van der Waals surface area contributed by atoms with Crippen LogP contribution in [-0.4, -0.2) is 18.0 Å². The maximum atomic E-state index is 12.2. The van der Waals surface area contributed by atoms with Crippen LogP contribution in [0.15, 0.2) is 48.0 Å². The van der Waals surface area contributed by atoms with E-state index in [4.69, 9.17) is 4.74 Å². The molecule has 2 aromatic carbocycles. The van der Waals surface area contributed by atoms with Crippen molar-refractivity contribution in [2.75, 3.05) is 7.11 Å². The van der Waals surface area contributed by atoms with E-state index < -0.39 is 0 Å². The van der Waals surface area contributed by atoms with Crippen LogP contribution in [0.4, 0.5) is 0 Å². The van der Waals surface area contributed by atoms with Crippen LogP contribution in [0.2, 0.25) is 0 Å². The van der Waals surface area contributed by atoms with E-state index in [0.29, 0.717) is 12.1 Å². The zero-order valence-corrected chi connectivity index (χ0v) is 12.3. The quantitative estimate of drug-likeness (QED) is 0.804. The predicted octanol–water partition coefficient (Wildman–Crippen LogP) is 3.23. The van der Waals surface area contributed by atoms with Crippen molar-refractivity contribution >= 4 is 27.5 Å². The highest BCUT2D eigenvalue weighted by atomic mass is 32.1. The van der Waals surface area contributed by atoms with Gasteiger partial charge in [0.05, 0.1) is 22.8 Å². The van der Waals surface area contributed by atoms with Gasteiger partial charge in [0, 0.05) is 12.1 Å². The molecule has 0 saturated heterocycles. The maximum Gasteiger partial charge on any atom is 0.251 e. The van der Waals surface area contributed by atoms with Crippen LogP contribution in [-0.2, 0) is 6.54 Å². The highest BCUT2D eigenvalue weighted by Crippen LogP contribution is 2.19. The van der Waals surface area contributed by atoms with Gasteiger partial charge in [-0.1, -0.05) is 12.1 Å². The highest BCUT2D eigenvalue weighted by Gasteiger charge is 2.07. The fraction of sp³-hybridized carbons (Fsp3) is 0.125. The van der Waals surface area contributed by atoms with Crippen LogP contribution >= 0.6 is 11.3 Å². The van der Waals surface area contributed by atoms with E-state index in [0.717, 1.165) is 21.5 Å². The smallest absolute Gasteiger partial charge is 0.251 e. The molecule has 3 aromatic rings. The lowest BCUT2D eigenvalue weighted by Gasteiger charge is -2.06. The van der Waals surface area contributed by atoms with Crippen LogP contribution in [0.25, 0.3) is 10.2 Å². The third kappa shape index (κ3) is 3.03. The standard InChI is InChI=1S/C16H14N2O2S/c1-20-13-5-2-11(3-6-13)9-17-16(19)12-4-7-14-15(8-12)21-10-18-14/h2-8,10H,9H2,1H3,(H,17,19). The summed E-state index contributed by atoms with van der Waals surface area (Å²) in [5, 5.41) is 2.91. The number of carbonyl (C=O) groups excluding carboxylic acids is 1. The Morgan fingerprint density at radius 1 is 1.24 bits per heavy atom. The number of thiazole rings is 1. The molecule has 0 atom stereocenters. The second-order valence-corrected chi connectivity index (χ2v) is 5.45. The van der Waals surface area contributed by atoms with Crippen molar-refractivity contribution in [1.29, 1.82) is 0 Å². The van der Waals surface area contributed by atoms with Crippen molar-refractivity contribution < 1.29 is 9.53 Å². The summed E-state index contributed by atoms with van der Waals surface area (Å²) in [5.74, 6) is 0.724. The van der Waals surface area contributed by atoms with Crippen LogP contribution in [0.3, 0.4) is 0 Å². The molecule has 0 fully saturated rings. The number of amides is 1. The average Bonchev–Trinajstić information content (AvgIpc) is 3.00. The summed E-state index contributed by atoms with van der Waals surface area (Å²) in [6, 6.07) is 13.2. The lowest BCUT2D eigenvalue weighted by molar-refractivity contribution is 0.0951. The molecular formula is C16H14N2O2S. The summed E-state index contributed by atoms with van der Waals surface area (Å²) in [4.78, 5) is 16.4. The van der Waals surface area contributed by atoms with Gasteiger partial charge in [-0.15, -0.1) is 11.3 Å². The summed E-state index contributed by atoms with van der Waals surface area (Å²) < 4.78 is 6.13. The molecule has 21 heavy (non-hydrogen) atoms. The van der Waals surface area contributed by atoms with Gasteiger partial charge in [-0.3, -0.25) is 4.79 Å². The lowest BCUT2D eigenvalue weighted by Crippen LogP contribution is -2.22. The molecule has 1 N–H and O–H groups in total. The summed E-state index contributed by atoms with van der Waals surface area (Å²) >= 11 is 1.53. The van der Waals surface area contributed by atoms with E-state index in [9.17, 15) is 4.79 Å². The minimum Gasteiger partial charge on any atom is -0.497 e. The Labute approximate surface area is 126 Å². The molecule has 1 amide bonds. The van der Waals surface area contributed by atoms with E-state index in [1.807, 2.05) is 36.4 Å². The van der Waals surface area contributed by atoms with Crippen LogP contribution in [0.5, 0.6) is 5.75 Å². The van der Waals surface area contributed by atoms with Crippen molar-refractivity contribution in [2.45, 2.75) is 6.54 Å². The minimum atomic E-state index is -0.0823. The fourth-order valence-corrected chi connectivity index (χ4v) is 2.74. The zero-order chi connectivity index (χ0) is 14.7. The fourth-order valence-electron chi connectivity index (χ4n) is 2.02. The molecular weight excluding hydrogens is 284 g/mol. The van der Waals surface area contributed by atoms with E-state index >= 15 is 0 Å². The van der Waals surface area contributed by atoms with E-state index in [2.05, 4.69) is 10.3 Å². The third-order valence-corrected chi connectivity index (χ3v) is 4.00. The van der Waals surface area contributed by atoms with Gasteiger partial charge < -0.3 is 10.1 Å². The van der Waals surface area contributed by atoms with E-state index in [1.165, 1.54) is 11.3 Å². The number of benzene rings is 2. The number of carbonyl (C=O) groups is 1. The molecule has 0 saturated carbocycles. The summed E-state index contributed by atoms with van der Waals surface area (Å²) in [6.45, 7) is 0.490. The van der Waals surface area contributed by atoms with Gasteiger partial charge in [0.15, 0.2) is 0 Å². The molecule has 1 aromatic heterocycles. The Morgan fingerprint density at radius 2 is 2.05 bits per heavy atom. The molecule has 0 aliphatic heterocycles. The van der Waals surface area contributed by atoms with Crippen molar-refractivity contribution in [3.05, 3.63) is 59.1 Å². The normalized spacial score (nSPS) is 10.5. The number of hydrogen-bond acceptors (Lipinski definition) is 4. The molecule has 0 radical (unpaired) electrons. The Morgan fingerprint density at radius 3 is 2.81 bits per heavy atom. The largest absolute Gasteiger partial charge is 0.497 e. The van der Waals surface area contributed by atoms with Gasteiger partial charge in [0.1, 0.15) is 5.75 Å². The van der Waals surface area contributed by atoms with Crippen molar-refractivity contribution in [2.24, 2.45) is 0 Å². The number of nitrogens with zero attached hydrogens (tertiary/aromatic N) is 1. The lowest BCUT2D eigenvalue weighted by atomic mass is 10.2. The van der Waals surface area contributed by atoms with Gasteiger partial charge in [-0.2, -0.15) is 0 Å². The second kappa shape index (κ2) is 5.93. The number of nitrogens with one attached hydrogen (secondary N) is 1. The highest BCUT2D eigenvalue weighted by molar-refractivity contribution is 7.16. The average molecular weight is 298 g/mol. The molecule has 0 aliphatic rings. The third-order valence-electron chi connectivity index (χ3n) is 3.21. The number of ether oxygens (including phenoxy) is 1. The van der Waals surface area contributed by atoms with Crippen molar-refractivity contribution in [3.63, 3.8) is 0 Å². The first-order valence-corrected chi connectivity index (χ1v) is 7.38. The van der Waals surface area contributed by atoms with E-state index in [-0.39, 0.29) is 5.91 Å². The first kappa shape index (κ1) is 13.6. The molecule has 5 heteroatoms. The van der Waals surface area contributed by atoms with Gasteiger partial charge in [-0.25, -0.2) is 4.98 Å². The van der Waals surface area contributed by atoms with Gasteiger partial charge in [-0.05, 0) is 35.9 Å². The molecule has 106 valence electrons. The zero-order valence-electron chi connectivity index (χ0n) is 11.5. The van der Waals surface area contributed by atoms with Crippen molar-refractivity contribution in [3.8, 4) is 5.75 Å². The van der Waals surface area contributed by atoms with Crippen LogP contribution in [0.1, 0.15) is 15.9 Å².